The summed E-state index contributed by atoms with van der Waals surface area (Å²) < 4.78 is 12.5. The third kappa shape index (κ3) is 2.88. The molecule has 0 radical (unpaired) electrons. The Morgan fingerprint density at radius 3 is 3.00 bits per heavy atom. The zero-order valence-electron chi connectivity index (χ0n) is 10.2. The van der Waals surface area contributed by atoms with Gasteiger partial charge in [-0.2, -0.15) is 0 Å². The molecule has 4 heteroatoms. The van der Waals surface area contributed by atoms with E-state index in [0.717, 1.165) is 34.6 Å². The van der Waals surface area contributed by atoms with Crippen LogP contribution in [0.5, 0.6) is 11.5 Å². The lowest BCUT2D eigenvalue weighted by atomic mass is 10.1. The summed E-state index contributed by atoms with van der Waals surface area (Å²) in [5.74, 6) is 1.73. The molecule has 0 N–H and O–H groups in total. The van der Waals surface area contributed by atoms with Crippen LogP contribution in [0.15, 0.2) is 40.9 Å². The highest BCUT2D eigenvalue weighted by atomic mass is 79.9. The molecule has 0 bridgehead atoms. The van der Waals surface area contributed by atoms with Crippen molar-refractivity contribution in [3.8, 4) is 11.5 Å². The van der Waals surface area contributed by atoms with Gasteiger partial charge in [0, 0.05) is 21.5 Å². The number of rotatable bonds is 3. The highest BCUT2D eigenvalue weighted by molar-refractivity contribution is 9.10. The van der Waals surface area contributed by atoms with Crippen LogP contribution in [0.3, 0.4) is 0 Å². The van der Waals surface area contributed by atoms with E-state index in [-0.39, 0.29) is 0 Å². The van der Waals surface area contributed by atoms with Gasteiger partial charge < -0.3 is 9.47 Å². The van der Waals surface area contributed by atoms with Crippen LogP contribution in [0.1, 0.15) is 11.1 Å². The third-order valence-corrected chi connectivity index (χ3v) is 3.71. The Labute approximate surface area is 125 Å². The molecule has 0 fully saturated rings. The maximum absolute atomic E-state index is 5.93. The quantitative estimate of drug-likeness (QED) is 0.812. The van der Waals surface area contributed by atoms with Gasteiger partial charge in [-0.15, -0.1) is 0 Å². The second kappa shape index (κ2) is 5.43. The van der Waals surface area contributed by atoms with Gasteiger partial charge in [0.25, 0.3) is 0 Å². The number of benzene rings is 2. The van der Waals surface area contributed by atoms with Crippen LogP contribution in [0, 0.1) is 0 Å². The van der Waals surface area contributed by atoms with Crippen LogP contribution in [-0.2, 0) is 13.0 Å². The highest BCUT2D eigenvalue weighted by Crippen LogP contribution is 2.33. The molecule has 0 spiro atoms. The largest absolute Gasteiger partial charge is 0.493 e. The number of fused-ring (bicyclic) bond motifs is 1. The summed E-state index contributed by atoms with van der Waals surface area (Å²) in [5.41, 5.74) is 2.29. The molecular weight excluding hydrogens is 328 g/mol. The fourth-order valence-electron chi connectivity index (χ4n) is 2.17. The van der Waals surface area contributed by atoms with Crippen molar-refractivity contribution in [3.05, 3.63) is 57.0 Å². The van der Waals surface area contributed by atoms with Crippen LogP contribution in [-0.4, -0.2) is 6.61 Å². The van der Waals surface area contributed by atoms with Gasteiger partial charge in [0.05, 0.1) is 6.61 Å². The summed E-state index contributed by atoms with van der Waals surface area (Å²) in [7, 11) is 0. The monoisotopic (exact) mass is 338 g/mol. The van der Waals surface area contributed by atoms with Crippen LogP contribution < -0.4 is 9.47 Å². The first-order valence-corrected chi connectivity index (χ1v) is 7.22. The van der Waals surface area contributed by atoms with E-state index < -0.39 is 0 Å². The smallest absolute Gasteiger partial charge is 0.129 e. The lowest BCUT2D eigenvalue weighted by Gasteiger charge is -2.11. The van der Waals surface area contributed by atoms with Crippen LogP contribution >= 0.6 is 27.5 Å². The van der Waals surface area contributed by atoms with E-state index >= 15 is 0 Å². The molecule has 2 nitrogen and oxygen atoms in total. The minimum atomic E-state index is 0.474. The van der Waals surface area contributed by atoms with Crippen molar-refractivity contribution in [1.82, 2.24) is 0 Å². The van der Waals surface area contributed by atoms with Crippen molar-refractivity contribution in [1.29, 1.82) is 0 Å². The summed E-state index contributed by atoms with van der Waals surface area (Å²) in [6, 6.07) is 11.5. The topological polar surface area (TPSA) is 18.5 Å². The Morgan fingerprint density at radius 2 is 2.16 bits per heavy atom. The molecule has 98 valence electrons. The maximum Gasteiger partial charge on any atom is 0.129 e. The fraction of sp³-hybridized carbons (Fsp3) is 0.200. The van der Waals surface area contributed by atoms with Crippen molar-refractivity contribution >= 4 is 27.5 Å². The lowest BCUT2D eigenvalue weighted by molar-refractivity contribution is 0.292. The summed E-state index contributed by atoms with van der Waals surface area (Å²) in [5, 5.41) is 0.674. The molecule has 19 heavy (non-hydrogen) atoms. The zero-order chi connectivity index (χ0) is 13.2. The van der Waals surface area contributed by atoms with Crippen molar-refractivity contribution < 1.29 is 9.47 Å². The molecule has 2 aromatic carbocycles. The van der Waals surface area contributed by atoms with Crippen molar-refractivity contribution in [2.24, 2.45) is 0 Å². The van der Waals surface area contributed by atoms with Gasteiger partial charge >= 0.3 is 0 Å². The molecule has 0 atom stereocenters. The highest BCUT2D eigenvalue weighted by Gasteiger charge is 2.17. The van der Waals surface area contributed by atoms with Gasteiger partial charge in [-0.1, -0.05) is 33.6 Å². The van der Waals surface area contributed by atoms with Crippen LogP contribution in [0.4, 0.5) is 0 Å². The number of halogens is 2. The zero-order valence-corrected chi connectivity index (χ0v) is 12.5. The second-order valence-corrected chi connectivity index (χ2v) is 5.75. The normalized spacial score (nSPS) is 12.9. The SMILES string of the molecule is Clc1cccc(OCc2cc(Br)cc3c2OCC3)c1. The number of hydrogen-bond acceptors (Lipinski definition) is 2. The predicted octanol–water partition coefficient (Wildman–Crippen LogP) is 4.62. The van der Waals surface area contributed by atoms with Crippen molar-refractivity contribution in [2.45, 2.75) is 13.0 Å². The van der Waals surface area contributed by atoms with E-state index in [0.29, 0.717) is 11.6 Å². The fourth-order valence-corrected chi connectivity index (χ4v) is 2.90. The lowest BCUT2D eigenvalue weighted by Crippen LogP contribution is -1.98. The Hall–Kier alpha value is -1.19. The molecule has 0 aromatic heterocycles. The minimum absolute atomic E-state index is 0.474. The van der Waals surface area contributed by atoms with E-state index in [1.807, 2.05) is 24.3 Å². The average Bonchev–Trinajstić information content (AvgIpc) is 2.84. The molecule has 0 saturated heterocycles. The Morgan fingerprint density at radius 1 is 1.26 bits per heavy atom. The predicted molar refractivity (Wildman–Crippen MR) is 79.1 cm³/mol. The molecule has 1 aliphatic rings. The summed E-state index contributed by atoms with van der Waals surface area (Å²) in [4.78, 5) is 0. The van der Waals surface area contributed by atoms with E-state index in [1.165, 1.54) is 5.56 Å². The standard InChI is InChI=1S/C15H12BrClO2/c16-12-6-10-4-5-18-15(10)11(7-12)9-19-14-3-1-2-13(17)8-14/h1-3,6-8H,4-5,9H2. The van der Waals surface area contributed by atoms with Crippen LogP contribution in [0.25, 0.3) is 0 Å². The minimum Gasteiger partial charge on any atom is -0.493 e. The van der Waals surface area contributed by atoms with Gasteiger partial charge in [0.2, 0.25) is 0 Å². The number of ether oxygens (including phenoxy) is 2. The molecule has 0 unspecified atom stereocenters. The number of hydrogen-bond donors (Lipinski definition) is 0. The summed E-state index contributed by atoms with van der Waals surface area (Å²) in [6.45, 7) is 1.22. The second-order valence-electron chi connectivity index (χ2n) is 4.40. The van der Waals surface area contributed by atoms with Gasteiger partial charge in [-0.3, -0.25) is 0 Å². The summed E-state index contributed by atoms with van der Waals surface area (Å²) >= 11 is 9.45. The molecule has 0 amide bonds. The van der Waals surface area contributed by atoms with Crippen LogP contribution in [0.2, 0.25) is 5.02 Å². The van der Waals surface area contributed by atoms with E-state index in [2.05, 4.69) is 22.0 Å². The Balaban J connectivity index is 1.81. The third-order valence-electron chi connectivity index (χ3n) is 3.02. The first-order valence-electron chi connectivity index (χ1n) is 6.05. The molecule has 1 aliphatic heterocycles. The van der Waals surface area contributed by atoms with E-state index in [1.54, 1.807) is 6.07 Å². The Kier molecular flexibility index (Phi) is 3.67. The summed E-state index contributed by atoms with van der Waals surface area (Å²) in [6.07, 6.45) is 0.957. The maximum atomic E-state index is 5.93. The molecular formula is C15H12BrClO2. The molecule has 3 rings (SSSR count). The van der Waals surface area contributed by atoms with Crippen molar-refractivity contribution in [3.63, 3.8) is 0 Å². The average molecular weight is 340 g/mol. The Bertz CT molecular complexity index is 613. The van der Waals surface area contributed by atoms with Gasteiger partial charge in [-0.25, -0.2) is 0 Å². The van der Waals surface area contributed by atoms with Gasteiger partial charge in [-0.05, 0) is 35.9 Å². The van der Waals surface area contributed by atoms with Gasteiger partial charge in [0.15, 0.2) is 0 Å². The van der Waals surface area contributed by atoms with Gasteiger partial charge in [0.1, 0.15) is 18.1 Å². The van der Waals surface area contributed by atoms with Crippen molar-refractivity contribution in [2.75, 3.05) is 6.61 Å². The molecule has 2 aromatic rings. The first kappa shape index (κ1) is 12.8. The van der Waals surface area contributed by atoms with E-state index in [9.17, 15) is 0 Å². The molecule has 1 heterocycles. The van der Waals surface area contributed by atoms with E-state index in [4.69, 9.17) is 21.1 Å². The molecule has 0 aliphatic carbocycles. The molecule has 0 saturated carbocycles. The first-order chi connectivity index (χ1) is 9.22.